The molecule has 33 heavy (non-hydrogen) atoms. The Labute approximate surface area is 203 Å². The van der Waals surface area contributed by atoms with Gasteiger partial charge in [0.15, 0.2) is 0 Å². The van der Waals surface area contributed by atoms with Gasteiger partial charge in [-0.3, -0.25) is 0 Å². The summed E-state index contributed by atoms with van der Waals surface area (Å²) in [6.07, 6.45) is 13.9. The van der Waals surface area contributed by atoms with Crippen molar-refractivity contribution in [3.05, 3.63) is 88.9 Å². The van der Waals surface area contributed by atoms with E-state index < -0.39 is 0 Å². The van der Waals surface area contributed by atoms with E-state index in [1.165, 1.54) is 24.8 Å². The summed E-state index contributed by atoms with van der Waals surface area (Å²) in [6, 6.07) is 6.28. The third-order valence-corrected chi connectivity index (χ3v) is 7.21. The van der Waals surface area contributed by atoms with Crippen LogP contribution in [0.25, 0.3) is 0 Å². The first-order valence-corrected chi connectivity index (χ1v) is 12.5. The van der Waals surface area contributed by atoms with Gasteiger partial charge in [-0.15, -0.1) is 0 Å². The van der Waals surface area contributed by atoms with Crippen molar-refractivity contribution < 1.29 is 0 Å². The number of aliphatic imine (C=N–C) groups is 1. The Hall–Kier alpha value is -2.72. The summed E-state index contributed by atoms with van der Waals surface area (Å²) in [7, 11) is 0. The molecule has 0 aliphatic carbocycles. The van der Waals surface area contributed by atoms with E-state index in [2.05, 4.69) is 66.4 Å². The smallest absolute Gasteiger partial charge is 0.136 e. The summed E-state index contributed by atoms with van der Waals surface area (Å²) in [5.74, 6) is 1.93. The minimum absolute atomic E-state index is 0.0751. The van der Waals surface area contributed by atoms with E-state index in [-0.39, 0.29) is 6.04 Å². The van der Waals surface area contributed by atoms with E-state index in [9.17, 15) is 0 Å². The van der Waals surface area contributed by atoms with Crippen molar-refractivity contribution in [2.45, 2.75) is 52.0 Å². The van der Waals surface area contributed by atoms with Crippen molar-refractivity contribution in [1.29, 1.82) is 0 Å². The Balaban J connectivity index is 1.77. The normalized spacial score (nSPS) is 25.4. The maximum Gasteiger partial charge on any atom is 0.136 e. The van der Waals surface area contributed by atoms with Crippen LogP contribution in [0.5, 0.6) is 0 Å². The van der Waals surface area contributed by atoms with E-state index in [1.54, 1.807) is 6.20 Å². The average Bonchev–Trinajstić information content (AvgIpc) is 3.26. The Morgan fingerprint density at radius 1 is 1.21 bits per heavy atom. The number of likely N-dealkylation sites (tertiary alicyclic amines) is 1. The molecule has 1 aromatic rings. The number of hydrogen-bond donors (Lipinski definition) is 1. The van der Waals surface area contributed by atoms with E-state index in [0.29, 0.717) is 0 Å². The molecule has 1 saturated heterocycles. The lowest BCUT2D eigenvalue weighted by molar-refractivity contribution is 0.276. The van der Waals surface area contributed by atoms with Crippen LogP contribution in [0.15, 0.2) is 83.3 Å². The predicted molar refractivity (Wildman–Crippen MR) is 142 cm³/mol. The van der Waals surface area contributed by atoms with Crippen molar-refractivity contribution in [3.63, 3.8) is 0 Å². The van der Waals surface area contributed by atoms with E-state index in [4.69, 9.17) is 16.6 Å². The highest BCUT2D eigenvalue weighted by molar-refractivity contribution is 6.33. The number of hydrogen-bond acceptors (Lipinski definition) is 3. The number of benzene rings is 1. The molecule has 0 saturated carbocycles. The first-order valence-electron chi connectivity index (χ1n) is 12.1. The van der Waals surface area contributed by atoms with Gasteiger partial charge in [0.05, 0.1) is 16.8 Å². The molecular formula is C28H35ClN4. The fourth-order valence-electron chi connectivity index (χ4n) is 4.94. The SMILES string of the molecule is C=CN=C1N\C(N2CCCCC2)=C/C=C(C(=C)CC)\C=C/1C(C)N1CCc2cccc(Cl)c21. The number of nitrogens with one attached hydrogen (secondary N) is 1. The molecule has 1 N–H and O–H groups in total. The van der Waals surface area contributed by atoms with Crippen molar-refractivity contribution in [2.75, 3.05) is 24.5 Å². The van der Waals surface area contributed by atoms with Crippen molar-refractivity contribution in [3.8, 4) is 0 Å². The lowest BCUT2D eigenvalue weighted by Crippen LogP contribution is -2.43. The van der Waals surface area contributed by atoms with E-state index >= 15 is 0 Å². The second-order valence-electron chi connectivity index (χ2n) is 8.93. The molecule has 0 spiro atoms. The van der Waals surface area contributed by atoms with Crippen molar-refractivity contribution >= 4 is 23.1 Å². The fraction of sp³-hybridized carbons (Fsp3) is 0.393. The molecule has 4 rings (SSSR count). The van der Waals surface area contributed by atoms with E-state index in [0.717, 1.165) is 71.6 Å². The van der Waals surface area contributed by atoms with Gasteiger partial charge in [0.2, 0.25) is 0 Å². The highest BCUT2D eigenvalue weighted by atomic mass is 35.5. The van der Waals surface area contributed by atoms with Crippen LogP contribution in [0.2, 0.25) is 5.02 Å². The predicted octanol–water partition coefficient (Wildman–Crippen LogP) is 6.38. The van der Waals surface area contributed by atoms with Gasteiger partial charge in [-0.1, -0.05) is 49.9 Å². The molecule has 5 heteroatoms. The van der Waals surface area contributed by atoms with Gasteiger partial charge >= 0.3 is 0 Å². The first-order chi connectivity index (χ1) is 16.0. The van der Waals surface area contributed by atoms with Crippen LogP contribution in [0.1, 0.15) is 45.1 Å². The quantitative estimate of drug-likeness (QED) is 0.531. The lowest BCUT2D eigenvalue weighted by atomic mass is 9.96. The Bertz CT molecular complexity index is 1040. The molecule has 3 aliphatic heterocycles. The molecule has 1 fully saturated rings. The number of para-hydroxylation sites is 1. The average molecular weight is 463 g/mol. The van der Waals surface area contributed by atoms with Gasteiger partial charge in [0.25, 0.3) is 0 Å². The summed E-state index contributed by atoms with van der Waals surface area (Å²) < 4.78 is 0. The van der Waals surface area contributed by atoms with Crippen LogP contribution < -0.4 is 10.2 Å². The zero-order valence-corrected chi connectivity index (χ0v) is 20.7. The molecular weight excluding hydrogens is 428 g/mol. The molecule has 0 amide bonds. The van der Waals surface area contributed by atoms with Gasteiger partial charge < -0.3 is 15.1 Å². The molecule has 1 atom stereocenters. The van der Waals surface area contributed by atoms with Crippen LogP contribution >= 0.6 is 11.6 Å². The highest BCUT2D eigenvalue weighted by Crippen LogP contribution is 2.38. The van der Waals surface area contributed by atoms with Crippen molar-refractivity contribution in [1.82, 2.24) is 10.2 Å². The molecule has 0 bridgehead atoms. The molecule has 0 radical (unpaired) electrons. The standard InChI is InChI=1S/C28H35ClN4/c1-5-20(3)23-13-14-26(32-16-8-7-9-17-32)31-28(30-6-2)24(19-23)21(4)33-18-15-22-11-10-12-25(29)27(22)33/h6,10-14,19,21H,2-3,5,7-9,15-18H2,1,4H3,(H,30,31). The summed E-state index contributed by atoms with van der Waals surface area (Å²) in [5.41, 5.74) is 5.82. The van der Waals surface area contributed by atoms with Crippen molar-refractivity contribution in [2.24, 2.45) is 4.99 Å². The lowest BCUT2D eigenvalue weighted by Gasteiger charge is -2.35. The molecule has 4 nitrogen and oxygen atoms in total. The molecule has 1 aromatic carbocycles. The number of halogens is 1. The molecule has 3 aliphatic rings. The second-order valence-corrected chi connectivity index (χ2v) is 9.34. The number of anilines is 1. The number of allylic oxidation sites excluding steroid dienone is 5. The molecule has 1 unspecified atom stereocenters. The number of piperidine rings is 1. The van der Waals surface area contributed by atoms with Gasteiger partial charge in [-0.25, -0.2) is 4.99 Å². The minimum Gasteiger partial charge on any atom is -0.363 e. The topological polar surface area (TPSA) is 30.9 Å². The highest BCUT2D eigenvalue weighted by Gasteiger charge is 2.30. The maximum atomic E-state index is 6.67. The van der Waals surface area contributed by atoms with E-state index in [1.807, 2.05) is 12.1 Å². The number of rotatable bonds is 6. The first kappa shape index (κ1) is 23.4. The van der Waals surface area contributed by atoms with Gasteiger partial charge in [-0.05, 0) is 74.0 Å². The minimum atomic E-state index is 0.0751. The number of nitrogens with zero attached hydrogens (tertiary/aromatic N) is 3. The molecule has 3 heterocycles. The maximum absolute atomic E-state index is 6.67. The van der Waals surface area contributed by atoms with Gasteiger partial charge in [0.1, 0.15) is 11.7 Å². The summed E-state index contributed by atoms with van der Waals surface area (Å²) in [5, 5.41) is 4.47. The summed E-state index contributed by atoms with van der Waals surface area (Å²) >= 11 is 6.67. The summed E-state index contributed by atoms with van der Waals surface area (Å²) in [4.78, 5) is 9.56. The summed E-state index contributed by atoms with van der Waals surface area (Å²) in [6.45, 7) is 15.7. The Morgan fingerprint density at radius 2 is 2.00 bits per heavy atom. The number of fused-ring (bicyclic) bond motifs is 1. The third-order valence-electron chi connectivity index (χ3n) is 6.90. The second kappa shape index (κ2) is 10.5. The largest absolute Gasteiger partial charge is 0.363 e. The Kier molecular flexibility index (Phi) is 7.44. The van der Waals surface area contributed by atoms with Crippen LogP contribution in [-0.2, 0) is 6.42 Å². The monoisotopic (exact) mass is 462 g/mol. The fourth-order valence-corrected chi connectivity index (χ4v) is 5.24. The molecule has 174 valence electrons. The van der Waals surface area contributed by atoms with Crippen LogP contribution in [-0.4, -0.2) is 36.4 Å². The van der Waals surface area contributed by atoms with Gasteiger partial charge in [0, 0.05) is 31.4 Å². The third kappa shape index (κ3) is 4.96. The number of amidine groups is 1. The Morgan fingerprint density at radius 3 is 2.73 bits per heavy atom. The molecule has 0 aromatic heterocycles. The zero-order chi connectivity index (χ0) is 23.4. The van der Waals surface area contributed by atoms with Gasteiger partial charge in [-0.2, -0.15) is 0 Å². The zero-order valence-electron chi connectivity index (χ0n) is 19.9. The van der Waals surface area contributed by atoms with Crippen LogP contribution in [0.4, 0.5) is 5.69 Å². The van der Waals surface area contributed by atoms with Crippen LogP contribution in [0, 0.1) is 0 Å². The van der Waals surface area contributed by atoms with Crippen LogP contribution in [0.3, 0.4) is 0 Å².